The van der Waals surface area contributed by atoms with Gasteiger partial charge in [0, 0.05) is 59.2 Å². The Hall–Kier alpha value is -1.90. The Balaban J connectivity index is 1.75. The number of hydrogen-bond acceptors (Lipinski definition) is 6. The van der Waals surface area contributed by atoms with Crippen LogP contribution < -0.4 is 15.5 Å². The second kappa shape index (κ2) is 13.3. The summed E-state index contributed by atoms with van der Waals surface area (Å²) < 4.78 is 10.4. The van der Waals surface area contributed by atoms with Crippen LogP contribution in [0.4, 0.5) is 5.82 Å². The number of aromatic nitrogens is 1. The van der Waals surface area contributed by atoms with Gasteiger partial charge in [-0.25, -0.2) is 9.98 Å². The zero-order chi connectivity index (χ0) is 20.0. The number of rotatable bonds is 11. The minimum absolute atomic E-state index is 0.607. The monoisotopic (exact) mass is 392 g/mol. The van der Waals surface area contributed by atoms with Gasteiger partial charge >= 0.3 is 0 Å². The van der Waals surface area contributed by atoms with Crippen molar-refractivity contribution < 1.29 is 9.47 Å². The van der Waals surface area contributed by atoms with E-state index in [4.69, 9.17) is 9.47 Å². The van der Waals surface area contributed by atoms with Gasteiger partial charge in [-0.15, -0.1) is 0 Å². The molecule has 8 heteroatoms. The SMILES string of the molecule is CCNC(=NCc1ccc(N2CCN(C)CC2)nc1)NCCCOCCOC. The number of nitrogens with one attached hydrogen (secondary N) is 2. The highest BCUT2D eigenvalue weighted by Gasteiger charge is 2.14. The van der Waals surface area contributed by atoms with Crippen LogP contribution in [0.15, 0.2) is 23.3 Å². The third kappa shape index (κ3) is 8.41. The van der Waals surface area contributed by atoms with Gasteiger partial charge in [-0.1, -0.05) is 6.07 Å². The Kier molecular flexibility index (Phi) is 10.6. The number of hydrogen-bond donors (Lipinski definition) is 2. The van der Waals surface area contributed by atoms with Gasteiger partial charge in [0.25, 0.3) is 0 Å². The van der Waals surface area contributed by atoms with Gasteiger partial charge in [-0.05, 0) is 32.0 Å². The van der Waals surface area contributed by atoms with Crippen LogP contribution in [0, 0.1) is 0 Å². The average molecular weight is 393 g/mol. The van der Waals surface area contributed by atoms with E-state index in [0.29, 0.717) is 26.4 Å². The molecule has 0 atom stereocenters. The molecule has 0 aromatic carbocycles. The van der Waals surface area contributed by atoms with Crippen molar-refractivity contribution in [2.45, 2.75) is 19.9 Å². The highest BCUT2D eigenvalue weighted by atomic mass is 16.5. The van der Waals surface area contributed by atoms with Crippen molar-refractivity contribution in [3.8, 4) is 0 Å². The summed E-state index contributed by atoms with van der Waals surface area (Å²) in [5, 5.41) is 6.62. The van der Waals surface area contributed by atoms with E-state index in [2.05, 4.69) is 56.5 Å². The van der Waals surface area contributed by atoms with Crippen LogP contribution in [-0.4, -0.2) is 89.1 Å². The first kappa shape index (κ1) is 22.4. The molecule has 0 spiro atoms. The fourth-order valence-electron chi connectivity index (χ4n) is 2.87. The molecule has 1 saturated heterocycles. The van der Waals surface area contributed by atoms with Gasteiger partial charge in [-0.2, -0.15) is 0 Å². The van der Waals surface area contributed by atoms with Gasteiger partial charge in [0.2, 0.25) is 0 Å². The van der Waals surface area contributed by atoms with Crippen LogP contribution in [0.25, 0.3) is 0 Å². The van der Waals surface area contributed by atoms with Crippen molar-refractivity contribution in [2.75, 3.05) is 78.1 Å². The number of nitrogens with zero attached hydrogens (tertiary/aromatic N) is 4. The number of ether oxygens (including phenoxy) is 2. The molecule has 0 saturated carbocycles. The van der Waals surface area contributed by atoms with Crippen LogP contribution in [0.3, 0.4) is 0 Å². The van der Waals surface area contributed by atoms with Crippen LogP contribution in [0.5, 0.6) is 0 Å². The maximum atomic E-state index is 5.47. The van der Waals surface area contributed by atoms with Gasteiger partial charge in [0.15, 0.2) is 5.96 Å². The standard InChI is InChI=1S/C20H36N6O2/c1-4-21-20(22-8-5-13-28-15-14-27-3)24-17-18-6-7-19(23-16-18)26-11-9-25(2)10-12-26/h6-7,16H,4-5,8-15,17H2,1-3H3,(H2,21,22,24). The summed E-state index contributed by atoms with van der Waals surface area (Å²) in [4.78, 5) is 14.0. The normalized spacial score (nSPS) is 15.7. The van der Waals surface area contributed by atoms with Crippen molar-refractivity contribution in [1.29, 1.82) is 0 Å². The summed E-state index contributed by atoms with van der Waals surface area (Å²) in [7, 11) is 3.84. The van der Waals surface area contributed by atoms with Crippen molar-refractivity contribution in [3.05, 3.63) is 23.9 Å². The Labute approximate surface area is 169 Å². The molecule has 1 aliphatic rings. The van der Waals surface area contributed by atoms with E-state index in [1.165, 1.54) is 0 Å². The average Bonchev–Trinajstić information content (AvgIpc) is 2.72. The van der Waals surface area contributed by atoms with Crippen LogP contribution in [0.1, 0.15) is 18.9 Å². The summed E-state index contributed by atoms with van der Waals surface area (Å²) in [5.41, 5.74) is 1.11. The second-order valence-corrected chi connectivity index (χ2v) is 6.90. The molecule has 0 amide bonds. The maximum absolute atomic E-state index is 5.47. The number of pyridine rings is 1. The number of piperazine rings is 1. The number of guanidine groups is 1. The van der Waals surface area contributed by atoms with Crippen LogP contribution >= 0.6 is 0 Å². The van der Waals surface area contributed by atoms with Crippen molar-refractivity contribution >= 4 is 11.8 Å². The lowest BCUT2D eigenvalue weighted by Gasteiger charge is -2.33. The van der Waals surface area contributed by atoms with Crippen molar-refractivity contribution in [2.24, 2.45) is 4.99 Å². The van der Waals surface area contributed by atoms with E-state index in [1.54, 1.807) is 7.11 Å². The molecule has 1 aromatic rings. The second-order valence-electron chi connectivity index (χ2n) is 6.90. The molecular weight excluding hydrogens is 356 g/mol. The molecular formula is C20H36N6O2. The first-order valence-electron chi connectivity index (χ1n) is 10.2. The molecule has 2 N–H and O–H groups in total. The summed E-state index contributed by atoms with van der Waals surface area (Å²) >= 11 is 0. The van der Waals surface area contributed by atoms with Gasteiger partial charge in [0.1, 0.15) is 5.82 Å². The van der Waals surface area contributed by atoms with E-state index < -0.39 is 0 Å². The lowest BCUT2D eigenvalue weighted by atomic mass is 10.2. The van der Waals surface area contributed by atoms with Crippen LogP contribution in [0.2, 0.25) is 0 Å². The predicted octanol–water partition coefficient (Wildman–Crippen LogP) is 0.942. The zero-order valence-corrected chi connectivity index (χ0v) is 17.6. The van der Waals surface area contributed by atoms with Crippen molar-refractivity contribution in [1.82, 2.24) is 20.5 Å². The summed E-state index contributed by atoms with van der Waals surface area (Å²) in [5.74, 6) is 1.88. The van der Waals surface area contributed by atoms with Crippen LogP contribution in [-0.2, 0) is 16.0 Å². The quantitative estimate of drug-likeness (QED) is 0.330. The van der Waals surface area contributed by atoms with E-state index >= 15 is 0 Å². The molecule has 2 heterocycles. The van der Waals surface area contributed by atoms with E-state index in [9.17, 15) is 0 Å². The van der Waals surface area contributed by atoms with Gasteiger partial charge < -0.3 is 29.9 Å². The maximum Gasteiger partial charge on any atom is 0.191 e. The van der Waals surface area contributed by atoms with E-state index in [1.807, 2.05) is 6.20 Å². The largest absolute Gasteiger partial charge is 0.382 e. The predicted molar refractivity (Wildman–Crippen MR) is 114 cm³/mol. The number of methoxy groups -OCH3 is 1. The van der Waals surface area contributed by atoms with E-state index in [0.717, 1.165) is 63.0 Å². The highest BCUT2D eigenvalue weighted by Crippen LogP contribution is 2.13. The number of aliphatic imine (C=N–C) groups is 1. The molecule has 0 bridgehead atoms. The van der Waals surface area contributed by atoms with E-state index in [-0.39, 0.29) is 0 Å². The first-order valence-corrected chi connectivity index (χ1v) is 10.2. The van der Waals surface area contributed by atoms with Crippen molar-refractivity contribution in [3.63, 3.8) is 0 Å². The lowest BCUT2D eigenvalue weighted by molar-refractivity contribution is 0.0698. The highest BCUT2D eigenvalue weighted by molar-refractivity contribution is 5.79. The molecule has 0 aliphatic carbocycles. The Bertz CT molecular complexity index is 558. The lowest BCUT2D eigenvalue weighted by Crippen LogP contribution is -2.44. The molecule has 28 heavy (non-hydrogen) atoms. The molecule has 1 fully saturated rings. The Morgan fingerprint density at radius 3 is 2.64 bits per heavy atom. The minimum Gasteiger partial charge on any atom is -0.382 e. The molecule has 2 rings (SSSR count). The summed E-state index contributed by atoms with van der Waals surface area (Å²) in [6.07, 6.45) is 2.86. The smallest absolute Gasteiger partial charge is 0.191 e. The Morgan fingerprint density at radius 1 is 1.14 bits per heavy atom. The zero-order valence-electron chi connectivity index (χ0n) is 17.6. The molecule has 1 aromatic heterocycles. The fraction of sp³-hybridized carbons (Fsp3) is 0.700. The van der Waals surface area contributed by atoms with Gasteiger partial charge in [-0.3, -0.25) is 0 Å². The molecule has 0 unspecified atom stereocenters. The van der Waals surface area contributed by atoms with Gasteiger partial charge in [0.05, 0.1) is 19.8 Å². The summed E-state index contributed by atoms with van der Waals surface area (Å²) in [6, 6.07) is 4.23. The molecule has 158 valence electrons. The topological polar surface area (TPSA) is 74.3 Å². The molecule has 8 nitrogen and oxygen atoms in total. The molecule has 0 radical (unpaired) electrons. The first-order chi connectivity index (χ1) is 13.7. The fourth-order valence-corrected chi connectivity index (χ4v) is 2.87. The third-order valence-electron chi connectivity index (χ3n) is 4.59. The molecule has 1 aliphatic heterocycles. The Morgan fingerprint density at radius 2 is 1.96 bits per heavy atom. The number of likely N-dealkylation sites (N-methyl/N-ethyl adjacent to an activating group) is 1. The minimum atomic E-state index is 0.607. The summed E-state index contributed by atoms with van der Waals surface area (Å²) in [6.45, 7) is 10.6. The third-order valence-corrected chi connectivity index (χ3v) is 4.59. The number of anilines is 1.